The monoisotopic (exact) mass is 369 g/mol. The second-order valence-electron chi connectivity index (χ2n) is 6.08. The molecule has 8 heteroatoms. The molecule has 0 aliphatic carbocycles. The Kier molecular flexibility index (Phi) is 5.35. The van der Waals surface area contributed by atoms with Gasteiger partial charge in [0.05, 0.1) is 17.2 Å². The minimum absolute atomic E-state index is 0.0579. The van der Waals surface area contributed by atoms with Crippen LogP contribution in [0.1, 0.15) is 23.7 Å². The molecular weight excluding hydrogens is 350 g/mol. The van der Waals surface area contributed by atoms with Crippen molar-refractivity contribution in [1.29, 1.82) is 0 Å². The number of carbonyl (C=O) groups is 2. The van der Waals surface area contributed by atoms with Crippen LogP contribution in [-0.2, 0) is 4.79 Å². The molecule has 1 atom stereocenters. The Balaban J connectivity index is 1.88. The molecule has 0 saturated carbocycles. The van der Waals surface area contributed by atoms with Gasteiger partial charge in [0.15, 0.2) is 6.10 Å². The van der Waals surface area contributed by atoms with Gasteiger partial charge in [-0.25, -0.2) is 0 Å². The van der Waals surface area contributed by atoms with Crippen molar-refractivity contribution in [1.82, 2.24) is 5.32 Å². The molecule has 1 N–H and O–H groups in total. The number of hydrogen-bond acceptors (Lipinski definition) is 5. The smallest absolute Gasteiger partial charge is 0.269 e. The van der Waals surface area contributed by atoms with Gasteiger partial charge in [0.2, 0.25) is 0 Å². The first-order valence-electron chi connectivity index (χ1n) is 8.61. The van der Waals surface area contributed by atoms with Gasteiger partial charge in [-0.1, -0.05) is 19.1 Å². The number of nitro groups is 1. The number of ether oxygens (including phenoxy) is 1. The summed E-state index contributed by atoms with van der Waals surface area (Å²) in [5.74, 6) is -0.197. The molecule has 2 aromatic carbocycles. The van der Waals surface area contributed by atoms with Crippen LogP contribution in [0.15, 0.2) is 48.5 Å². The lowest BCUT2D eigenvalue weighted by Gasteiger charge is -2.34. The summed E-state index contributed by atoms with van der Waals surface area (Å²) < 4.78 is 5.76. The third kappa shape index (κ3) is 3.89. The first kappa shape index (κ1) is 18.4. The minimum Gasteiger partial charge on any atom is -0.477 e. The van der Waals surface area contributed by atoms with Gasteiger partial charge < -0.3 is 15.0 Å². The molecule has 8 nitrogen and oxygen atoms in total. The van der Waals surface area contributed by atoms with E-state index in [1.54, 1.807) is 24.3 Å². The van der Waals surface area contributed by atoms with E-state index < -0.39 is 11.0 Å². The fourth-order valence-corrected chi connectivity index (χ4v) is 2.81. The van der Waals surface area contributed by atoms with Crippen LogP contribution in [0, 0.1) is 10.1 Å². The highest BCUT2D eigenvalue weighted by Crippen LogP contribution is 2.34. The topological polar surface area (TPSA) is 102 Å². The number of para-hydroxylation sites is 2. The third-order valence-corrected chi connectivity index (χ3v) is 4.19. The van der Waals surface area contributed by atoms with Gasteiger partial charge in [0, 0.05) is 24.2 Å². The maximum atomic E-state index is 13.0. The van der Waals surface area contributed by atoms with Gasteiger partial charge in [0.1, 0.15) is 5.75 Å². The SMILES string of the molecule is CCCNC(=O)[C@@H]1CN(C(=O)c2ccc([N+](=O)[O-])cc2)c2ccccc2O1. The zero-order valence-corrected chi connectivity index (χ0v) is 14.8. The van der Waals surface area contributed by atoms with Crippen LogP contribution in [0.3, 0.4) is 0 Å². The molecule has 1 aliphatic rings. The molecule has 140 valence electrons. The summed E-state index contributed by atoms with van der Waals surface area (Å²) in [7, 11) is 0. The van der Waals surface area contributed by atoms with E-state index in [0.717, 1.165) is 6.42 Å². The molecule has 0 fully saturated rings. The number of amides is 2. The summed E-state index contributed by atoms with van der Waals surface area (Å²) in [4.78, 5) is 37.1. The Morgan fingerprint density at radius 2 is 1.93 bits per heavy atom. The van der Waals surface area contributed by atoms with E-state index in [4.69, 9.17) is 4.74 Å². The number of fused-ring (bicyclic) bond motifs is 1. The molecule has 2 amide bonds. The van der Waals surface area contributed by atoms with Gasteiger partial charge in [-0.3, -0.25) is 19.7 Å². The van der Waals surface area contributed by atoms with E-state index in [1.807, 2.05) is 6.92 Å². The van der Waals surface area contributed by atoms with Gasteiger partial charge >= 0.3 is 0 Å². The van der Waals surface area contributed by atoms with Crippen LogP contribution in [0.2, 0.25) is 0 Å². The molecular formula is C19H19N3O5. The molecule has 27 heavy (non-hydrogen) atoms. The fourth-order valence-electron chi connectivity index (χ4n) is 2.81. The summed E-state index contributed by atoms with van der Waals surface area (Å²) in [6.45, 7) is 2.53. The maximum Gasteiger partial charge on any atom is 0.269 e. The summed E-state index contributed by atoms with van der Waals surface area (Å²) in [5, 5.41) is 13.6. The van der Waals surface area contributed by atoms with Gasteiger partial charge in [-0.2, -0.15) is 0 Å². The maximum absolute atomic E-state index is 13.0. The van der Waals surface area contributed by atoms with Crippen LogP contribution in [0.25, 0.3) is 0 Å². The number of non-ortho nitro benzene ring substituents is 1. The van der Waals surface area contributed by atoms with E-state index >= 15 is 0 Å². The highest BCUT2D eigenvalue weighted by molar-refractivity contribution is 6.08. The second-order valence-corrected chi connectivity index (χ2v) is 6.08. The number of carbonyl (C=O) groups excluding carboxylic acids is 2. The highest BCUT2D eigenvalue weighted by Gasteiger charge is 2.34. The third-order valence-electron chi connectivity index (χ3n) is 4.19. The number of hydrogen-bond donors (Lipinski definition) is 1. The van der Waals surface area contributed by atoms with E-state index in [9.17, 15) is 19.7 Å². The van der Waals surface area contributed by atoms with Crippen LogP contribution in [0.5, 0.6) is 5.75 Å². The van der Waals surface area contributed by atoms with Crippen LogP contribution in [-0.4, -0.2) is 35.9 Å². The van der Waals surface area contributed by atoms with Gasteiger partial charge in [-0.15, -0.1) is 0 Å². The molecule has 0 radical (unpaired) electrons. The molecule has 3 rings (SSSR count). The van der Waals surface area contributed by atoms with Crippen molar-refractivity contribution in [3.05, 3.63) is 64.2 Å². The van der Waals surface area contributed by atoms with Crippen molar-refractivity contribution in [2.45, 2.75) is 19.4 Å². The lowest BCUT2D eigenvalue weighted by atomic mass is 10.1. The zero-order chi connectivity index (χ0) is 19.4. The number of nitrogens with one attached hydrogen (secondary N) is 1. The first-order chi connectivity index (χ1) is 13.0. The van der Waals surface area contributed by atoms with Crippen LogP contribution < -0.4 is 15.0 Å². The van der Waals surface area contributed by atoms with E-state index in [-0.39, 0.29) is 24.0 Å². The normalized spacial score (nSPS) is 15.4. The standard InChI is InChI=1S/C19H19N3O5/c1-2-11-20-18(23)17-12-21(15-5-3-4-6-16(15)27-17)19(24)13-7-9-14(10-8-13)22(25)26/h3-10,17H,2,11-12H2,1H3,(H,20,23)/t17-/m0/s1. The summed E-state index contributed by atoms with van der Waals surface area (Å²) in [6.07, 6.45) is -0.0334. The van der Waals surface area contributed by atoms with Crippen molar-refractivity contribution < 1.29 is 19.2 Å². The largest absolute Gasteiger partial charge is 0.477 e. The molecule has 0 saturated heterocycles. The van der Waals surface area contributed by atoms with Crippen LogP contribution in [0.4, 0.5) is 11.4 Å². The molecule has 0 aromatic heterocycles. The number of anilines is 1. The van der Waals surface area contributed by atoms with Gasteiger partial charge in [0.25, 0.3) is 17.5 Å². The van der Waals surface area contributed by atoms with E-state index in [2.05, 4.69) is 5.32 Å². The number of benzene rings is 2. The van der Waals surface area contributed by atoms with Crippen molar-refractivity contribution in [3.63, 3.8) is 0 Å². The van der Waals surface area contributed by atoms with E-state index in [0.29, 0.717) is 23.5 Å². The lowest BCUT2D eigenvalue weighted by Crippen LogP contribution is -2.50. The Labute approximate surface area is 155 Å². The Bertz CT molecular complexity index is 866. The lowest BCUT2D eigenvalue weighted by molar-refractivity contribution is -0.384. The molecule has 1 heterocycles. The molecule has 0 bridgehead atoms. The predicted octanol–water partition coefficient (Wildman–Crippen LogP) is 2.53. The Morgan fingerprint density at radius 1 is 1.22 bits per heavy atom. The highest BCUT2D eigenvalue weighted by atomic mass is 16.6. The number of rotatable bonds is 5. The zero-order valence-electron chi connectivity index (χ0n) is 14.8. The average molecular weight is 369 g/mol. The van der Waals surface area contributed by atoms with Gasteiger partial charge in [-0.05, 0) is 30.7 Å². The van der Waals surface area contributed by atoms with Crippen molar-refractivity contribution in [2.24, 2.45) is 0 Å². The predicted molar refractivity (Wildman–Crippen MR) is 98.9 cm³/mol. The van der Waals surface area contributed by atoms with Crippen molar-refractivity contribution in [2.75, 3.05) is 18.0 Å². The molecule has 0 spiro atoms. The summed E-state index contributed by atoms with van der Waals surface area (Å²) >= 11 is 0. The fraction of sp³-hybridized carbons (Fsp3) is 0.263. The number of nitrogens with zero attached hydrogens (tertiary/aromatic N) is 2. The molecule has 2 aromatic rings. The van der Waals surface area contributed by atoms with Crippen LogP contribution >= 0.6 is 0 Å². The second kappa shape index (κ2) is 7.86. The van der Waals surface area contributed by atoms with Crippen molar-refractivity contribution >= 4 is 23.2 Å². The average Bonchev–Trinajstić information content (AvgIpc) is 2.70. The Hall–Kier alpha value is -3.42. The number of nitro benzene ring substituents is 1. The quantitative estimate of drug-likeness (QED) is 0.644. The summed E-state index contributed by atoms with van der Waals surface area (Å²) in [5.41, 5.74) is 0.760. The van der Waals surface area contributed by atoms with E-state index in [1.165, 1.54) is 29.2 Å². The first-order valence-corrected chi connectivity index (χ1v) is 8.61. The summed E-state index contributed by atoms with van der Waals surface area (Å²) in [6, 6.07) is 12.4. The Morgan fingerprint density at radius 3 is 2.59 bits per heavy atom. The minimum atomic E-state index is -0.826. The van der Waals surface area contributed by atoms with Crippen molar-refractivity contribution in [3.8, 4) is 5.75 Å². The molecule has 1 aliphatic heterocycles. The molecule has 0 unspecified atom stereocenters.